The largest absolute Gasteiger partial charge is 0.340 e. The number of carbonyl (C=O) groups excluding carboxylic acids is 2. The van der Waals surface area contributed by atoms with E-state index in [4.69, 9.17) is 0 Å². The molecule has 0 aliphatic carbocycles. The van der Waals surface area contributed by atoms with Crippen LogP contribution in [0.25, 0.3) is 0 Å². The number of hydrogen-bond donors (Lipinski definition) is 1. The van der Waals surface area contributed by atoms with Gasteiger partial charge in [0.1, 0.15) is 11.1 Å². The molecule has 0 spiro atoms. The van der Waals surface area contributed by atoms with E-state index in [0.29, 0.717) is 6.42 Å². The molecular weight excluding hydrogens is 280 g/mol. The summed E-state index contributed by atoms with van der Waals surface area (Å²) in [6.45, 7) is 8.34. The lowest BCUT2D eigenvalue weighted by Crippen LogP contribution is -2.72. The second kappa shape index (κ2) is 5.35. The van der Waals surface area contributed by atoms with Crippen molar-refractivity contribution in [2.24, 2.45) is 0 Å². The number of carbonyl (C=O) groups is 2. The van der Waals surface area contributed by atoms with Gasteiger partial charge in [0.15, 0.2) is 9.84 Å². The van der Waals surface area contributed by atoms with Gasteiger partial charge in [-0.25, -0.2) is 8.42 Å². The van der Waals surface area contributed by atoms with E-state index in [2.05, 4.69) is 5.32 Å². The van der Waals surface area contributed by atoms with Crippen molar-refractivity contribution in [3.8, 4) is 0 Å². The third kappa shape index (κ3) is 3.31. The molecule has 1 N–H and O–H groups in total. The Balaban J connectivity index is 2.95. The summed E-state index contributed by atoms with van der Waals surface area (Å²) < 4.78 is 23.6. The van der Waals surface area contributed by atoms with Gasteiger partial charge in [-0.3, -0.25) is 9.59 Å². The Morgan fingerprint density at radius 1 is 1.10 bits per heavy atom. The maximum Gasteiger partial charge on any atom is 0.248 e. The molecule has 0 aromatic carbocycles. The van der Waals surface area contributed by atoms with Crippen molar-refractivity contribution >= 4 is 21.7 Å². The minimum atomic E-state index is -3.18. The SMILES string of the molecule is CCCS(=O)(=O)CCN1C(=O)C(C)(C)NC(=O)C1(C)C. The average Bonchev–Trinajstić information content (AvgIpc) is 2.26. The first-order chi connectivity index (χ1) is 8.94. The molecule has 0 bridgehead atoms. The number of rotatable bonds is 5. The van der Waals surface area contributed by atoms with Crippen LogP contribution in [0.3, 0.4) is 0 Å². The summed E-state index contributed by atoms with van der Waals surface area (Å²) in [5, 5.41) is 2.67. The molecule has 0 unspecified atom stereocenters. The molecular formula is C13H24N2O4S. The van der Waals surface area contributed by atoms with Crippen LogP contribution in [0.4, 0.5) is 0 Å². The van der Waals surface area contributed by atoms with Crippen LogP contribution in [0, 0.1) is 0 Å². The van der Waals surface area contributed by atoms with Crippen molar-refractivity contribution < 1.29 is 18.0 Å². The number of nitrogens with zero attached hydrogens (tertiary/aromatic N) is 1. The van der Waals surface area contributed by atoms with E-state index in [-0.39, 0.29) is 29.9 Å². The average molecular weight is 304 g/mol. The van der Waals surface area contributed by atoms with E-state index in [1.165, 1.54) is 4.90 Å². The molecule has 1 fully saturated rings. The third-order valence-corrected chi connectivity index (χ3v) is 5.41. The molecule has 0 aromatic heterocycles. The predicted molar refractivity (Wildman–Crippen MR) is 77.0 cm³/mol. The molecule has 2 amide bonds. The van der Waals surface area contributed by atoms with Gasteiger partial charge in [-0.15, -0.1) is 0 Å². The fourth-order valence-electron chi connectivity index (χ4n) is 2.23. The van der Waals surface area contributed by atoms with E-state index in [0.717, 1.165) is 0 Å². The minimum Gasteiger partial charge on any atom is -0.340 e. The molecule has 0 aromatic rings. The number of amides is 2. The van der Waals surface area contributed by atoms with Crippen LogP contribution in [0.5, 0.6) is 0 Å². The van der Waals surface area contributed by atoms with Crippen LogP contribution in [-0.4, -0.2) is 54.3 Å². The molecule has 0 saturated carbocycles. The summed E-state index contributed by atoms with van der Waals surface area (Å²) in [6, 6.07) is 0. The fourth-order valence-corrected chi connectivity index (χ4v) is 3.52. The zero-order chi connectivity index (χ0) is 15.8. The third-order valence-electron chi connectivity index (χ3n) is 3.58. The summed E-state index contributed by atoms with van der Waals surface area (Å²) >= 11 is 0. The van der Waals surface area contributed by atoms with Crippen molar-refractivity contribution in [3.63, 3.8) is 0 Å². The highest BCUT2D eigenvalue weighted by atomic mass is 32.2. The smallest absolute Gasteiger partial charge is 0.248 e. The molecule has 1 saturated heterocycles. The van der Waals surface area contributed by atoms with Gasteiger partial charge >= 0.3 is 0 Å². The summed E-state index contributed by atoms with van der Waals surface area (Å²) in [4.78, 5) is 25.9. The molecule has 1 aliphatic rings. The summed E-state index contributed by atoms with van der Waals surface area (Å²) in [7, 11) is -3.18. The van der Waals surface area contributed by atoms with Crippen molar-refractivity contribution in [2.75, 3.05) is 18.1 Å². The Bertz CT molecular complexity index is 508. The molecule has 0 atom stereocenters. The zero-order valence-corrected chi connectivity index (χ0v) is 13.6. The zero-order valence-electron chi connectivity index (χ0n) is 12.8. The Hall–Kier alpha value is -1.11. The highest BCUT2D eigenvalue weighted by Crippen LogP contribution is 2.25. The van der Waals surface area contributed by atoms with E-state index in [1.807, 2.05) is 0 Å². The molecule has 6 nitrogen and oxygen atoms in total. The normalized spacial score (nSPS) is 21.8. The van der Waals surface area contributed by atoms with Crippen LogP contribution in [0.1, 0.15) is 41.0 Å². The second-order valence-corrected chi connectivity index (χ2v) is 8.55. The monoisotopic (exact) mass is 304 g/mol. The summed E-state index contributed by atoms with van der Waals surface area (Å²) in [6.07, 6.45) is 0.547. The highest BCUT2D eigenvalue weighted by molar-refractivity contribution is 7.91. The number of nitrogens with one attached hydrogen (secondary N) is 1. The first-order valence-electron chi connectivity index (χ1n) is 6.79. The van der Waals surface area contributed by atoms with Crippen LogP contribution < -0.4 is 5.32 Å². The molecule has 1 aliphatic heterocycles. The van der Waals surface area contributed by atoms with Crippen LogP contribution in [0.2, 0.25) is 0 Å². The van der Waals surface area contributed by atoms with Crippen molar-refractivity contribution in [3.05, 3.63) is 0 Å². The van der Waals surface area contributed by atoms with E-state index >= 15 is 0 Å². The predicted octanol–water partition coefficient (Wildman–Crippen LogP) is 0.327. The fraction of sp³-hybridized carbons (Fsp3) is 0.846. The first-order valence-corrected chi connectivity index (χ1v) is 8.61. The Morgan fingerprint density at radius 2 is 1.65 bits per heavy atom. The number of sulfone groups is 1. The van der Waals surface area contributed by atoms with E-state index < -0.39 is 20.9 Å². The topological polar surface area (TPSA) is 83.6 Å². The second-order valence-electron chi connectivity index (χ2n) is 6.25. The van der Waals surface area contributed by atoms with E-state index in [9.17, 15) is 18.0 Å². The molecule has 1 heterocycles. The van der Waals surface area contributed by atoms with Gasteiger partial charge in [-0.05, 0) is 34.1 Å². The van der Waals surface area contributed by atoms with Gasteiger partial charge in [-0.2, -0.15) is 0 Å². The first kappa shape index (κ1) is 16.9. The highest BCUT2D eigenvalue weighted by Gasteiger charge is 2.49. The van der Waals surface area contributed by atoms with Crippen LogP contribution in [-0.2, 0) is 19.4 Å². The van der Waals surface area contributed by atoms with Gasteiger partial charge in [0, 0.05) is 12.3 Å². The van der Waals surface area contributed by atoms with Gasteiger partial charge in [0.25, 0.3) is 0 Å². The van der Waals surface area contributed by atoms with Crippen molar-refractivity contribution in [2.45, 2.75) is 52.1 Å². The summed E-state index contributed by atoms with van der Waals surface area (Å²) in [5.74, 6) is -0.534. The van der Waals surface area contributed by atoms with Crippen molar-refractivity contribution in [1.29, 1.82) is 0 Å². The number of piperazine rings is 1. The van der Waals surface area contributed by atoms with Crippen molar-refractivity contribution in [1.82, 2.24) is 10.2 Å². The number of hydrogen-bond acceptors (Lipinski definition) is 4. The molecule has 7 heteroatoms. The van der Waals surface area contributed by atoms with Gasteiger partial charge in [0.2, 0.25) is 11.8 Å². The van der Waals surface area contributed by atoms with Gasteiger partial charge < -0.3 is 10.2 Å². The van der Waals surface area contributed by atoms with Crippen LogP contribution >= 0.6 is 0 Å². The molecule has 1 rings (SSSR count). The molecule has 116 valence electrons. The quantitative estimate of drug-likeness (QED) is 0.793. The lowest BCUT2D eigenvalue weighted by Gasteiger charge is -2.47. The molecule has 20 heavy (non-hydrogen) atoms. The van der Waals surface area contributed by atoms with E-state index in [1.54, 1.807) is 34.6 Å². The maximum atomic E-state index is 12.4. The minimum absolute atomic E-state index is 0.0466. The lowest BCUT2D eigenvalue weighted by molar-refractivity contribution is -0.159. The lowest BCUT2D eigenvalue weighted by atomic mass is 9.90. The summed E-state index contributed by atoms with van der Waals surface area (Å²) in [5.41, 5.74) is -2.03. The van der Waals surface area contributed by atoms with Gasteiger partial charge in [0.05, 0.1) is 5.75 Å². The maximum absolute atomic E-state index is 12.4. The standard InChI is InChI=1S/C13H24N2O4S/c1-6-8-20(18,19)9-7-15-11(17)12(2,3)14-10(16)13(15,4)5/h6-9H2,1-5H3,(H,14,16). The Morgan fingerprint density at radius 3 is 2.15 bits per heavy atom. The Kier molecular flexibility index (Phi) is 4.53. The molecule has 0 radical (unpaired) electrons. The van der Waals surface area contributed by atoms with Gasteiger partial charge in [-0.1, -0.05) is 6.92 Å². The Labute approximate surface area is 120 Å². The van der Waals surface area contributed by atoms with Crippen LogP contribution in [0.15, 0.2) is 0 Å².